The van der Waals surface area contributed by atoms with Crippen LogP contribution in [-0.4, -0.2) is 51.9 Å². The summed E-state index contributed by atoms with van der Waals surface area (Å²) in [5, 5.41) is 7.91. The molecule has 1 unspecified atom stereocenters. The zero-order valence-corrected chi connectivity index (χ0v) is 13.4. The lowest BCUT2D eigenvalue weighted by Crippen LogP contribution is -2.56. The molecule has 0 radical (unpaired) electrons. The van der Waals surface area contributed by atoms with Crippen molar-refractivity contribution in [3.05, 3.63) is 12.2 Å². The van der Waals surface area contributed by atoms with Crippen molar-refractivity contribution < 1.29 is 0 Å². The first-order valence-corrected chi connectivity index (χ1v) is 7.09. The summed E-state index contributed by atoms with van der Waals surface area (Å²) in [7, 11) is 4.25. The molecule has 1 heterocycles. The van der Waals surface area contributed by atoms with Gasteiger partial charge in [0.1, 0.15) is 12.2 Å². The second-order valence-corrected chi connectivity index (χ2v) is 6.08. The standard InChI is InChI=1S/C14H29N5/c1-8-15-12(14(4,5)18(6)7)9-13-16-10-17-19(13)11(2)3/h10-12,15H,8-9H2,1-7H3. The summed E-state index contributed by atoms with van der Waals surface area (Å²) in [6, 6.07) is 0.691. The Bertz CT molecular complexity index is 381. The molecule has 0 fully saturated rings. The maximum atomic E-state index is 4.43. The van der Waals surface area contributed by atoms with Crippen molar-refractivity contribution in [2.75, 3.05) is 20.6 Å². The molecule has 110 valence electrons. The summed E-state index contributed by atoms with van der Waals surface area (Å²) in [5.41, 5.74) is 0.0593. The largest absolute Gasteiger partial charge is 0.312 e. The van der Waals surface area contributed by atoms with Crippen LogP contribution in [0.3, 0.4) is 0 Å². The Hall–Kier alpha value is -0.940. The average Bonchev–Trinajstić information content (AvgIpc) is 2.76. The second-order valence-electron chi connectivity index (χ2n) is 6.08. The van der Waals surface area contributed by atoms with Crippen molar-refractivity contribution in [1.29, 1.82) is 0 Å². The molecule has 5 nitrogen and oxygen atoms in total. The molecule has 0 bridgehead atoms. The number of nitrogens with zero attached hydrogens (tertiary/aromatic N) is 4. The lowest BCUT2D eigenvalue weighted by atomic mass is 9.90. The van der Waals surface area contributed by atoms with Crippen LogP contribution in [0.5, 0.6) is 0 Å². The van der Waals surface area contributed by atoms with E-state index in [9.17, 15) is 0 Å². The quantitative estimate of drug-likeness (QED) is 0.817. The molecule has 0 aliphatic carbocycles. The first-order chi connectivity index (χ1) is 8.80. The van der Waals surface area contributed by atoms with Gasteiger partial charge in [0, 0.05) is 24.0 Å². The molecule has 1 N–H and O–H groups in total. The third kappa shape index (κ3) is 3.76. The van der Waals surface area contributed by atoms with Gasteiger partial charge in [0.25, 0.3) is 0 Å². The Morgan fingerprint density at radius 3 is 2.47 bits per heavy atom. The van der Waals surface area contributed by atoms with E-state index < -0.39 is 0 Å². The van der Waals surface area contributed by atoms with Gasteiger partial charge in [-0.05, 0) is 48.3 Å². The number of likely N-dealkylation sites (N-methyl/N-ethyl adjacent to an activating group) is 2. The molecule has 0 amide bonds. The average molecular weight is 267 g/mol. The Labute approximate surface area is 117 Å². The first-order valence-electron chi connectivity index (χ1n) is 7.09. The van der Waals surface area contributed by atoms with E-state index in [1.54, 1.807) is 6.33 Å². The van der Waals surface area contributed by atoms with Gasteiger partial charge in [-0.25, -0.2) is 9.67 Å². The van der Waals surface area contributed by atoms with Crippen LogP contribution in [0.1, 0.15) is 46.5 Å². The third-order valence-electron chi connectivity index (χ3n) is 3.98. The molecule has 1 atom stereocenters. The van der Waals surface area contributed by atoms with Gasteiger partial charge in [0.2, 0.25) is 0 Å². The summed E-state index contributed by atoms with van der Waals surface area (Å²) in [6.07, 6.45) is 2.54. The maximum absolute atomic E-state index is 4.43. The van der Waals surface area contributed by atoms with Crippen LogP contribution in [0.4, 0.5) is 0 Å². The number of aromatic nitrogens is 3. The van der Waals surface area contributed by atoms with Crippen molar-refractivity contribution in [3.63, 3.8) is 0 Å². The maximum Gasteiger partial charge on any atom is 0.138 e. The van der Waals surface area contributed by atoms with Crippen LogP contribution >= 0.6 is 0 Å². The fourth-order valence-electron chi connectivity index (χ4n) is 2.16. The van der Waals surface area contributed by atoms with Crippen molar-refractivity contribution >= 4 is 0 Å². The highest BCUT2D eigenvalue weighted by atomic mass is 15.3. The van der Waals surface area contributed by atoms with E-state index in [1.807, 2.05) is 4.68 Å². The highest BCUT2D eigenvalue weighted by Gasteiger charge is 2.32. The Kier molecular flexibility index (Phi) is 5.50. The third-order valence-corrected chi connectivity index (χ3v) is 3.98. The lowest BCUT2D eigenvalue weighted by molar-refractivity contribution is 0.136. The molecular weight excluding hydrogens is 238 g/mol. The minimum Gasteiger partial charge on any atom is -0.312 e. The molecule has 0 saturated carbocycles. The van der Waals surface area contributed by atoms with Crippen molar-refractivity contribution in [2.45, 2.75) is 58.7 Å². The molecule has 1 aromatic rings. The van der Waals surface area contributed by atoms with Gasteiger partial charge in [0.05, 0.1) is 0 Å². The van der Waals surface area contributed by atoms with Gasteiger partial charge in [-0.1, -0.05) is 6.92 Å². The number of hydrogen-bond donors (Lipinski definition) is 1. The molecule has 0 spiro atoms. The molecule has 1 rings (SSSR count). The summed E-state index contributed by atoms with van der Waals surface area (Å²) in [4.78, 5) is 6.69. The Morgan fingerprint density at radius 1 is 1.37 bits per heavy atom. The molecule has 5 heteroatoms. The summed E-state index contributed by atoms with van der Waals surface area (Å²) >= 11 is 0. The summed E-state index contributed by atoms with van der Waals surface area (Å²) < 4.78 is 2.01. The second kappa shape index (κ2) is 6.48. The van der Waals surface area contributed by atoms with Crippen LogP contribution < -0.4 is 5.32 Å². The van der Waals surface area contributed by atoms with Gasteiger partial charge < -0.3 is 10.2 Å². The number of nitrogens with one attached hydrogen (secondary N) is 1. The predicted octanol–water partition coefficient (Wildman–Crippen LogP) is 1.72. The minimum atomic E-state index is 0.0593. The molecular formula is C14H29N5. The van der Waals surface area contributed by atoms with Crippen molar-refractivity contribution in [3.8, 4) is 0 Å². The van der Waals surface area contributed by atoms with E-state index in [0.717, 1.165) is 18.8 Å². The predicted molar refractivity (Wildman–Crippen MR) is 79.3 cm³/mol. The highest BCUT2D eigenvalue weighted by molar-refractivity contribution is 4.99. The van der Waals surface area contributed by atoms with Gasteiger partial charge in [0.15, 0.2) is 0 Å². The topological polar surface area (TPSA) is 46.0 Å². The zero-order chi connectivity index (χ0) is 14.6. The summed E-state index contributed by atoms with van der Waals surface area (Å²) in [6.45, 7) is 11.9. The molecule has 0 aliphatic rings. The number of rotatable bonds is 7. The SMILES string of the molecule is CCNC(Cc1ncnn1C(C)C)C(C)(C)N(C)C. The molecule has 0 saturated heterocycles. The van der Waals surface area contributed by atoms with E-state index in [2.05, 4.69) is 69.0 Å². The molecule has 0 aliphatic heterocycles. The van der Waals surface area contributed by atoms with Crippen molar-refractivity contribution in [1.82, 2.24) is 25.0 Å². The van der Waals surface area contributed by atoms with Crippen LogP contribution in [0.2, 0.25) is 0 Å². The Morgan fingerprint density at radius 2 is 2.00 bits per heavy atom. The van der Waals surface area contributed by atoms with E-state index in [0.29, 0.717) is 12.1 Å². The fraction of sp³-hybridized carbons (Fsp3) is 0.857. The van der Waals surface area contributed by atoms with Crippen LogP contribution in [-0.2, 0) is 6.42 Å². The van der Waals surface area contributed by atoms with E-state index in [1.165, 1.54) is 0 Å². The summed E-state index contributed by atoms with van der Waals surface area (Å²) in [5.74, 6) is 1.05. The van der Waals surface area contributed by atoms with Gasteiger partial charge in [-0.15, -0.1) is 0 Å². The smallest absolute Gasteiger partial charge is 0.138 e. The minimum absolute atomic E-state index is 0.0593. The molecule has 19 heavy (non-hydrogen) atoms. The monoisotopic (exact) mass is 267 g/mol. The Balaban J connectivity index is 2.93. The fourth-order valence-corrected chi connectivity index (χ4v) is 2.16. The zero-order valence-electron chi connectivity index (χ0n) is 13.4. The number of hydrogen-bond acceptors (Lipinski definition) is 4. The van der Waals surface area contributed by atoms with Gasteiger partial charge in [-0.2, -0.15) is 5.10 Å². The van der Waals surface area contributed by atoms with Crippen LogP contribution in [0.15, 0.2) is 6.33 Å². The van der Waals surface area contributed by atoms with E-state index in [4.69, 9.17) is 0 Å². The highest BCUT2D eigenvalue weighted by Crippen LogP contribution is 2.19. The normalized spacial score (nSPS) is 14.4. The van der Waals surface area contributed by atoms with Gasteiger partial charge in [-0.3, -0.25) is 0 Å². The van der Waals surface area contributed by atoms with E-state index >= 15 is 0 Å². The van der Waals surface area contributed by atoms with Crippen LogP contribution in [0, 0.1) is 0 Å². The molecule has 1 aromatic heterocycles. The first kappa shape index (κ1) is 16.1. The molecule has 0 aromatic carbocycles. The van der Waals surface area contributed by atoms with Crippen molar-refractivity contribution in [2.24, 2.45) is 0 Å². The van der Waals surface area contributed by atoms with Crippen LogP contribution in [0.25, 0.3) is 0 Å². The lowest BCUT2D eigenvalue weighted by Gasteiger charge is -2.40. The van der Waals surface area contributed by atoms with Gasteiger partial charge >= 0.3 is 0 Å². The van der Waals surface area contributed by atoms with E-state index in [-0.39, 0.29) is 5.54 Å².